The molecule has 1 aliphatic carbocycles. The Labute approximate surface area is 114 Å². The standard InChI is InChI=1S/C16H22O3/c1-11-10-13(4-5-14(11)15(17)18)19-12-6-8-16(2,3)9-7-12/h4-5,10,12H,6-9H2,1-3H3,(H,17,18). The molecule has 1 aromatic carbocycles. The summed E-state index contributed by atoms with van der Waals surface area (Å²) >= 11 is 0. The third kappa shape index (κ3) is 3.49. The van der Waals surface area contributed by atoms with E-state index < -0.39 is 5.97 Å². The van der Waals surface area contributed by atoms with Gasteiger partial charge in [0.15, 0.2) is 0 Å². The summed E-state index contributed by atoms with van der Waals surface area (Å²) in [6.45, 7) is 6.41. The summed E-state index contributed by atoms with van der Waals surface area (Å²) in [7, 11) is 0. The van der Waals surface area contributed by atoms with Crippen molar-refractivity contribution in [3.63, 3.8) is 0 Å². The van der Waals surface area contributed by atoms with Crippen LogP contribution in [0.4, 0.5) is 0 Å². The monoisotopic (exact) mass is 262 g/mol. The number of rotatable bonds is 3. The van der Waals surface area contributed by atoms with Crippen molar-refractivity contribution in [2.45, 2.75) is 52.6 Å². The Hall–Kier alpha value is -1.51. The summed E-state index contributed by atoms with van der Waals surface area (Å²) in [6.07, 6.45) is 4.79. The van der Waals surface area contributed by atoms with E-state index in [2.05, 4.69) is 13.8 Å². The molecule has 1 aromatic rings. The lowest BCUT2D eigenvalue weighted by Crippen LogP contribution is -2.28. The third-order valence-electron chi connectivity index (χ3n) is 4.02. The molecule has 0 atom stereocenters. The largest absolute Gasteiger partial charge is 0.490 e. The number of ether oxygens (including phenoxy) is 1. The smallest absolute Gasteiger partial charge is 0.335 e. The molecule has 3 heteroatoms. The number of aryl methyl sites for hydroxylation is 1. The molecule has 2 rings (SSSR count). The molecule has 0 unspecified atom stereocenters. The van der Waals surface area contributed by atoms with E-state index in [1.54, 1.807) is 19.1 Å². The van der Waals surface area contributed by atoms with Crippen molar-refractivity contribution in [2.75, 3.05) is 0 Å². The zero-order chi connectivity index (χ0) is 14.0. The Morgan fingerprint density at radius 2 is 1.95 bits per heavy atom. The lowest BCUT2D eigenvalue weighted by Gasteiger charge is -2.34. The van der Waals surface area contributed by atoms with Gasteiger partial charge in [-0.3, -0.25) is 0 Å². The van der Waals surface area contributed by atoms with Crippen molar-refractivity contribution in [3.05, 3.63) is 29.3 Å². The van der Waals surface area contributed by atoms with E-state index in [0.717, 1.165) is 24.2 Å². The fourth-order valence-corrected chi connectivity index (χ4v) is 2.63. The van der Waals surface area contributed by atoms with Crippen molar-refractivity contribution in [3.8, 4) is 5.75 Å². The predicted molar refractivity (Wildman–Crippen MR) is 74.8 cm³/mol. The van der Waals surface area contributed by atoms with Crippen molar-refractivity contribution < 1.29 is 14.6 Å². The second-order valence-corrected chi connectivity index (χ2v) is 6.26. The molecule has 19 heavy (non-hydrogen) atoms. The number of benzene rings is 1. The van der Waals surface area contributed by atoms with Gasteiger partial charge >= 0.3 is 5.97 Å². The van der Waals surface area contributed by atoms with Crippen LogP contribution < -0.4 is 4.74 Å². The number of carboxylic acids is 1. The Kier molecular flexibility index (Phi) is 3.83. The highest BCUT2D eigenvalue weighted by Crippen LogP contribution is 2.36. The van der Waals surface area contributed by atoms with Crippen LogP contribution in [0.15, 0.2) is 18.2 Å². The second-order valence-electron chi connectivity index (χ2n) is 6.26. The summed E-state index contributed by atoms with van der Waals surface area (Å²) in [5.41, 5.74) is 1.53. The van der Waals surface area contributed by atoms with Crippen LogP contribution in [0.1, 0.15) is 55.5 Å². The van der Waals surface area contributed by atoms with Crippen LogP contribution in [0.25, 0.3) is 0 Å². The minimum Gasteiger partial charge on any atom is -0.490 e. The molecule has 1 saturated carbocycles. The summed E-state index contributed by atoms with van der Waals surface area (Å²) in [5, 5.41) is 8.99. The van der Waals surface area contributed by atoms with Gasteiger partial charge in [0.25, 0.3) is 0 Å². The Balaban J connectivity index is 2.01. The number of aromatic carboxylic acids is 1. The highest BCUT2D eigenvalue weighted by atomic mass is 16.5. The summed E-state index contributed by atoms with van der Waals surface area (Å²) < 4.78 is 5.97. The van der Waals surface area contributed by atoms with E-state index in [-0.39, 0.29) is 6.10 Å². The minimum atomic E-state index is -0.886. The fourth-order valence-electron chi connectivity index (χ4n) is 2.63. The molecular formula is C16H22O3. The average Bonchev–Trinajstić information content (AvgIpc) is 2.31. The normalized spacial score (nSPS) is 19.1. The first kappa shape index (κ1) is 13.9. The molecule has 0 bridgehead atoms. The Morgan fingerprint density at radius 1 is 1.32 bits per heavy atom. The molecular weight excluding hydrogens is 240 g/mol. The van der Waals surface area contributed by atoms with Gasteiger partial charge in [-0.15, -0.1) is 0 Å². The molecule has 1 aliphatic rings. The maximum absolute atomic E-state index is 11.0. The second kappa shape index (κ2) is 5.24. The van der Waals surface area contributed by atoms with Gasteiger partial charge in [-0.2, -0.15) is 0 Å². The number of carbonyl (C=O) groups is 1. The summed E-state index contributed by atoms with van der Waals surface area (Å²) in [4.78, 5) is 11.0. The first-order valence-electron chi connectivity index (χ1n) is 6.88. The van der Waals surface area contributed by atoms with Gasteiger partial charge in [-0.25, -0.2) is 4.79 Å². The van der Waals surface area contributed by atoms with Crippen LogP contribution in [-0.4, -0.2) is 17.2 Å². The lowest BCUT2D eigenvalue weighted by molar-refractivity contribution is 0.0695. The molecule has 0 aromatic heterocycles. The first-order chi connectivity index (χ1) is 8.87. The maximum Gasteiger partial charge on any atom is 0.335 e. The van der Waals surface area contributed by atoms with Gasteiger partial charge in [0, 0.05) is 0 Å². The van der Waals surface area contributed by atoms with E-state index >= 15 is 0 Å². The summed E-state index contributed by atoms with van der Waals surface area (Å²) in [5.74, 6) is -0.101. The van der Waals surface area contributed by atoms with Gasteiger partial charge in [0.1, 0.15) is 5.75 Å². The van der Waals surface area contributed by atoms with E-state index in [1.807, 2.05) is 6.07 Å². The van der Waals surface area contributed by atoms with Crippen LogP contribution in [0, 0.1) is 12.3 Å². The predicted octanol–water partition coefficient (Wildman–Crippen LogP) is 4.04. The quantitative estimate of drug-likeness (QED) is 0.894. The average molecular weight is 262 g/mol. The zero-order valence-electron chi connectivity index (χ0n) is 11.9. The molecule has 1 N–H and O–H groups in total. The van der Waals surface area contributed by atoms with E-state index in [9.17, 15) is 4.79 Å². The van der Waals surface area contributed by atoms with Crippen molar-refractivity contribution in [2.24, 2.45) is 5.41 Å². The molecule has 1 fully saturated rings. The third-order valence-corrected chi connectivity index (χ3v) is 4.02. The van der Waals surface area contributed by atoms with Gasteiger partial charge in [-0.1, -0.05) is 13.8 Å². The highest BCUT2D eigenvalue weighted by Gasteiger charge is 2.27. The molecule has 0 saturated heterocycles. The SMILES string of the molecule is Cc1cc(OC2CCC(C)(C)CC2)ccc1C(=O)O. The van der Waals surface area contributed by atoms with Gasteiger partial charge < -0.3 is 9.84 Å². The maximum atomic E-state index is 11.0. The van der Waals surface area contributed by atoms with E-state index in [4.69, 9.17) is 9.84 Å². The fraction of sp³-hybridized carbons (Fsp3) is 0.562. The van der Waals surface area contributed by atoms with Crippen LogP contribution in [-0.2, 0) is 0 Å². The minimum absolute atomic E-state index is 0.267. The number of hydrogen-bond donors (Lipinski definition) is 1. The highest BCUT2D eigenvalue weighted by molar-refractivity contribution is 5.89. The van der Waals surface area contributed by atoms with E-state index in [0.29, 0.717) is 11.0 Å². The summed E-state index contributed by atoms with van der Waals surface area (Å²) in [6, 6.07) is 5.21. The van der Waals surface area contributed by atoms with Crippen LogP contribution in [0.2, 0.25) is 0 Å². The zero-order valence-corrected chi connectivity index (χ0v) is 11.9. The molecule has 0 radical (unpaired) electrons. The molecule has 0 aliphatic heterocycles. The van der Waals surface area contributed by atoms with Crippen molar-refractivity contribution in [1.29, 1.82) is 0 Å². The number of carboxylic acid groups (broad SMARTS) is 1. The van der Waals surface area contributed by atoms with Crippen LogP contribution in [0.5, 0.6) is 5.75 Å². The van der Waals surface area contributed by atoms with Crippen molar-refractivity contribution in [1.82, 2.24) is 0 Å². The topological polar surface area (TPSA) is 46.5 Å². The molecule has 0 amide bonds. The van der Waals surface area contributed by atoms with Gasteiger partial charge in [-0.05, 0) is 61.8 Å². The Morgan fingerprint density at radius 3 is 2.47 bits per heavy atom. The lowest BCUT2D eigenvalue weighted by atomic mass is 9.76. The van der Waals surface area contributed by atoms with Crippen molar-refractivity contribution >= 4 is 5.97 Å². The molecule has 104 valence electrons. The van der Waals surface area contributed by atoms with Crippen LogP contribution >= 0.6 is 0 Å². The first-order valence-corrected chi connectivity index (χ1v) is 6.88. The van der Waals surface area contributed by atoms with E-state index in [1.165, 1.54) is 12.8 Å². The molecule has 0 spiro atoms. The van der Waals surface area contributed by atoms with Gasteiger partial charge in [0.05, 0.1) is 11.7 Å². The van der Waals surface area contributed by atoms with Crippen LogP contribution in [0.3, 0.4) is 0 Å². The molecule has 0 heterocycles. The molecule has 3 nitrogen and oxygen atoms in total. The van der Waals surface area contributed by atoms with Gasteiger partial charge in [0.2, 0.25) is 0 Å². The Bertz CT molecular complexity index is 467. The number of hydrogen-bond acceptors (Lipinski definition) is 2.